The smallest absolute Gasteiger partial charge is 0.326 e. The maximum Gasteiger partial charge on any atom is 0.326 e. The molecule has 2 aliphatic rings. The van der Waals surface area contributed by atoms with Gasteiger partial charge in [-0.15, -0.1) is 0 Å². The van der Waals surface area contributed by atoms with Crippen molar-refractivity contribution in [1.29, 1.82) is 0 Å². The molecule has 16 atom stereocenters. The molecule has 0 aliphatic carbocycles. The first-order valence-corrected chi connectivity index (χ1v) is 47.6. The zero-order chi connectivity index (χ0) is 104. The van der Waals surface area contributed by atoms with Crippen molar-refractivity contribution in [3.8, 4) is 5.75 Å². The minimum absolute atomic E-state index is 0.0220. The molecule has 774 valence electrons. The van der Waals surface area contributed by atoms with Crippen LogP contribution in [0.15, 0.2) is 120 Å². The summed E-state index contributed by atoms with van der Waals surface area (Å²) in [7, 11) is 0. The lowest BCUT2D eigenvalue weighted by Gasteiger charge is -2.32. The van der Waals surface area contributed by atoms with Gasteiger partial charge in [-0.25, -0.2) is 4.79 Å². The highest BCUT2D eigenvalue weighted by atomic mass is 16.4. The number of carboxylic acids is 2. The number of carbonyl (C=O) groups is 19. The van der Waals surface area contributed by atoms with Crippen molar-refractivity contribution in [2.75, 3.05) is 39.3 Å². The maximum absolute atomic E-state index is 15.4. The van der Waals surface area contributed by atoms with E-state index in [0.29, 0.717) is 46.0 Å². The molecule has 0 radical (unpaired) electrons. The van der Waals surface area contributed by atoms with Crippen LogP contribution in [-0.4, -0.2) is 278 Å². The molecular formula is C95H137N25O22. The summed E-state index contributed by atoms with van der Waals surface area (Å²) in [6, 6.07) is 6.20. The fourth-order valence-electron chi connectivity index (χ4n) is 16.6. The number of amides is 17. The second-order valence-corrected chi connectivity index (χ2v) is 35.4. The maximum atomic E-state index is 15.4. The summed E-state index contributed by atoms with van der Waals surface area (Å²) in [5, 5.41) is 61.4. The molecule has 0 unspecified atom stereocenters. The number of phenols is 1. The van der Waals surface area contributed by atoms with Gasteiger partial charge in [0.2, 0.25) is 100 Å². The van der Waals surface area contributed by atoms with Gasteiger partial charge in [-0.2, -0.15) is 0 Å². The number of H-pyrrole nitrogens is 1. The Morgan fingerprint density at radius 1 is 0.408 bits per heavy atom. The summed E-state index contributed by atoms with van der Waals surface area (Å²) < 4.78 is 0. The van der Waals surface area contributed by atoms with Crippen LogP contribution < -0.4 is 115 Å². The van der Waals surface area contributed by atoms with E-state index in [0.717, 1.165) is 0 Å². The predicted molar refractivity (Wildman–Crippen MR) is 519 cm³/mol. The topological polar surface area (TPSA) is 798 Å². The summed E-state index contributed by atoms with van der Waals surface area (Å²) in [5.74, 6) is -20.9. The van der Waals surface area contributed by atoms with Crippen molar-refractivity contribution >= 4 is 129 Å². The Morgan fingerprint density at radius 2 is 0.789 bits per heavy atom. The van der Waals surface area contributed by atoms with Gasteiger partial charge in [0, 0.05) is 62.4 Å². The van der Waals surface area contributed by atoms with Crippen LogP contribution in [0.1, 0.15) is 171 Å². The number of likely N-dealkylation sites (tertiary alicyclic amines) is 2. The molecule has 2 fully saturated rings. The molecule has 4 aromatic carbocycles. The number of unbranched alkanes of at least 4 members (excludes halogenated alkanes) is 3. The number of carbonyl (C=O) groups excluding carboxylic acids is 17. The standard InChI is InChI=1S/C95H137N25O22/c1-3-53(2)79(94(141)142)118-84(131)65(37-38-75(100)122)108-87(134)70(50-77(102)124)115-82(129)62(27-12-15-39-96)107-89(136)71(51-78(125)126)116-86(133)68(48-57-52-106-61-26-11-10-25-59(57)61)114-83(130)63(28-13-16-40-97)109-90(137)73-31-19-43-119(73)92(139)66(29-14-17-41-98)111-81(128)64(30-18-42-105-95(103)104)110-91(138)74-32-20-44-120(74)93(140)72(47-55-23-8-5-9-24-55)117-85(132)67(46-54-21-6-4-7-22-54)113-88(135)69(49-76(101)123)112-80(127)60(99)45-56-33-35-58(121)36-34-56/h4-11,21-26,33-36,52-53,60,62-74,79,106,121H,3,12-20,27-32,37-51,96-99H2,1-2H3,(H2,100,122)(H2,101,123)(H2,102,124)(H,107,136)(H,108,134)(H,109,137)(H,110,138)(H,111,128)(H,112,127)(H,113,135)(H,114,130)(H,115,129)(H,116,133)(H,117,132)(H,118,131)(H,125,126)(H,141,142)(H4,103,104,105)/t53-,60-,62-,63-,64-,65-,66-,67-,68-,69-,70-,71-,72-,73-,74-,79-/m0/s1. The summed E-state index contributed by atoms with van der Waals surface area (Å²) in [6.07, 6.45) is -1.39. The zero-order valence-corrected chi connectivity index (χ0v) is 79.8. The summed E-state index contributed by atoms with van der Waals surface area (Å²) in [5.41, 5.74) is 54.6. The van der Waals surface area contributed by atoms with Gasteiger partial charge >= 0.3 is 11.9 Å². The molecule has 1 aromatic heterocycles. The van der Waals surface area contributed by atoms with Crippen LogP contribution in [0, 0.1) is 5.92 Å². The number of rotatable bonds is 62. The number of fused-ring (bicyclic) bond motifs is 1. The van der Waals surface area contributed by atoms with Crippen molar-refractivity contribution in [3.63, 3.8) is 0 Å². The Morgan fingerprint density at radius 3 is 1.25 bits per heavy atom. The number of aromatic hydroxyl groups is 1. The first kappa shape index (κ1) is 114. The van der Waals surface area contributed by atoms with Crippen LogP contribution >= 0.6 is 0 Å². The number of aliphatic imine (C=N–C) groups is 1. The van der Waals surface area contributed by atoms with E-state index in [4.69, 9.17) is 51.6 Å². The minimum Gasteiger partial charge on any atom is -0.508 e. The van der Waals surface area contributed by atoms with Gasteiger partial charge in [0.05, 0.1) is 25.3 Å². The number of phenolic OH excluding ortho intramolecular Hbond substituents is 1. The lowest BCUT2D eigenvalue weighted by Crippen LogP contribution is -2.61. The average Bonchev–Trinajstić information content (AvgIpc) is 1.64. The molecule has 0 saturated carbocycles. The molecule has 0 spiro atoms. The van der Waals surface area contributed by atoms with Crippen molar-refractivity contribution in [2.45, 2.75) is 265 Å². The third-order valence-corrected chi connectivity index (χ3v) is 24.4. The number of nitrogens with zero attached hydrogens (tertiary/aromatic N) is 3. The first-order chi connectivity index (χ1) is 67.7. The number of guanidine groups is 1. The number of aromatic amines is 1. The molecule has 2 aliphatic heterocycles. The van der Waals surface area contributed by atoms with E-state index in [-0.39, 0.29) is 167 Å². The molecule has 17 amide bonds. The molecule has 7 rings (SSSR count). The highest BCUT2D eigenvalue weighted by Crippen LogP contribution is 2.26. The molecule has 5 aromatic rings. The SMILES string of the molecule is CC[C@H](C)[C@H](NC(=O)[C@H](CCC(N)=O)NC(=O)[C@H](CC(N)=O)NC(=O)[C@H](CCCCN)NC(=O)[C@H](CC(=O)O)NC(=O)[C@H](Cc1c[nH]c2ccccc12)NC(=O)[C@H](CCCCN)NC(=O)[C@@H]1CCCN1C(=O)[C@H](CCCCN)NC(=O)[C@H](CCCN=C(N)N)NC(=O)[C@@H]1CCCN1C(=O)[C@H](Cc1ccccc1)NC(=O)[C@H](Cc1ccccc1)NC(=O)[C@H](CC(N)=O)NC(=O)[C@@H](N)Cc1ccc(O)cc1)C(=O)O. The van der Waals surface area contributed by atoms with Crippen molar-refractivity contribution in [3.05, 3.63) is 138 Å². The molecule has 34 N–H and O–H groups in total. The monoisotopic (exact) mass is 1980 g/mol. The molecule has 0 bridgehead atoms. The van der Waals surface area contributed by atoms with E-state index in [1.807, 2.05) is 0 Å². The highest BCUT2D eigenvalue weighted by molar-refractivity contribution is 6.03. The Labute approximate surface area is 820 Å². The van der Waals surface area contributed by atoms with Crippen LogP contribution in [-0.2, 0) is 117 Å². The third kappa shape index (κ3) is 37.1. The van der Waals surface area contributed by atoms with Gasteiger partial charge in [0.25, 0.3) is 0 Å². The van der Waals surface area contributed by atoms with Gasteiger partial charge in [0.1, 0.15) is 90.3 Å². The Kier molecular flexibility index (Phi) is 46.9. The number of aromatic nitrogens is 1. The number of carboxylic acid groups (broad SMARTS) is 2. The number of nitrogens with two attached hydrogens (primary N) is 9. The van der Waals surface area contributed by atoms with Crippen LogP contribution in [0.5, 0.6) is 5.75 Å². The fourth-order valence-corrected chi connectivity index (χ4v) is 16.6. The van der Waals surface area contributed by atoms with Crippen LogP contribution in [0.3, 0.4) is 0 Å². The minimum atomic E-state index is -2.07. The number of nitrogens with one attached hydrogen (secondary N) is 13. The molecule has 47 heteroatoms. The quantitative estimate of drug-likeness (QED) is 0.00988. The van der Waals surface area contributed by atoms with Gasteiger partial charge in [0.15, 0.2) is 5.96 Å². The Bertz CT molecular complexity index is 5180. The fraction of sp³-hybridized carbons (Fsp3) is 0.516. The van der Waals surface area contributed by atoms with Crippen molar-refractivity contribution < 1.29 is 106 Å². The number of hydrogen-bond acceptors (Lipinski definition) is 25. The normalized spacial score (nSPS) is 16.3. The van der Waals surface area contributed by atoms with Gasteiger partial charge in [-0.1, -0.05) is 111 Å². The summed E-state index contributed by atoms with van der Waals surface area (Å²) in [4.78, 5) is 278. The van der Waals surface area contributed by atoms with Crippen molar-refractivity contribution in [1.82, 2.24) is 78.6 Å². The predicted octanol–water partition coefficient (Wildman–Crippen LogP) is -4.67. The second-order valence-electron chi connectivity index (χ2n) is 35.4. The molecule has 3 heterocycles. The zero-order valence-electron chi connectivity index (χ0n) is 79.8. The summed E-state index contributed by atoms with van der Waals surface area (Å²) >= 11 is 0. The van der Waals surface area contributed by atoms with Crippen LogP contribution in [0.2, 0.25) is 0 Å². The van der Waals surface area contributed by atoms with E-state index in [2.05, 4.69) is 73.8 Å². The Hall–Kier alpha value is -14.7. The third-order valence-electron chi connectivity index (χ3n) is 24.4. The van der Waals surface area contributed by atoms with Crippen LogP contribution in [0.25, 0.3) is 10.9 Å². The number of para-hydroxylation sites is 1. The largest absolute Gasteiger partial charge is 0.508 e. The highest BCUT2D eigenvalue weighted by Gasteiger charge is 2.45. The first-order valence-electron chi connectivity index (χ1n) is 47.6. The number of aliphatic carboxylic acids is 2. The van der Waals surface area contributed by atoms with E-state index in [1.54, 1.807) is 110 Å². The second kappa shape index (κ2) is 58.3. The van der Waals surface area contributed by atoms with Gasteiger partial charge in [-0.05, 0) is 175 Å². The van der Waals surface area contributed by atoms with E-state index >= 15 is 38.4 Å². The number of primary amides is 3. The molecule has 47 nitrogen and oxygen atoms in total. The van der Waals surface area contributed by atoms with E-state index in [9.17, 15) is 68.1 Å². The summed E-state index contributed by atoms with van der Waals surface area (Å²) in [6.45, 7) is 3.42. The lowest BCUT2D eigenvalue weighted by molar-refractivity contribution is -0.144. The van der Waals surface area contributed by atoms with E-state index in [1.165, 1.54) is 28.9 Å². The van der Waals surface area contributed by atoms with E-state index < -0.39 is 241 Å². The van der Waals surface area contributed by atoms with Gasteiger partial charge < -0.3 is 146 Å². The van der Waals surface area contributed by atoms with Crippen LogP contribution in [0.4, 0.5) is 0 Å². The molecular weight excluding hydrogens is 1840 g/mol. The number of benzene rings is 4. The Balaban J connectivity index is 1.12. The average molecular weight is 1980 g/mol. The molecule has 142 heavy (non-hydrogen) atoms. The number of hydrogen-bond donors (Lipinski definition) is 25. The van der Waals surface area contributed by atoms with Crippen molar-refractivity contribution in [2.24, 2.45) is 62.5 Å². The molecule has 2 saturated heterocycles. The lowest BCUT2D eigenvalue weighted by atomic mass is 9.98. The van der Waals surface area contributed by atoms with Gasteiger partial charge in [-0.3, -0.25) is 91.3 Å².